The molecule has 4 rings (SSSR count). The number of sulfonamides is 1. The van der Waals surface area contributed by atoms with Gasteiger partial charge in [0.05, 0.1) is 4.90 Å². The zero-order chi connectivity index (χ0) is 17.4. The lowest BCUT2D eigenvalue weighted by atomic mass is 9.79. The van der Waals surface area contributed by atoms with Crippen LogP contribution < -0.4 is 27.1 Å². The summed E-state index contributed by atoms with van der Waals surface area (Å²) in [6.45, 7) is 0. The lowest BCUT2D eigenvalue weighted by Gasteiger charge is -2.29. The minimum atomic E-state index is -3.86. The van der Waals surface area contributed by atoms with Crippen LogP contribution in [0.3, 0.4) is 0 Å². The van der Waals surface area contributed by atoms with Crippen LogP contribution in [0.15, 0.2) is 41.4 Å². The van der Waals surface area contributed by atoms with E-state index in [1.807, 2.05) is 12.1 Å². The average molecular weight is 360 g/mol. The molecule has 0 amide bonds. The normalized spacial score (nSPS) is 21.2. The number of primary sulfonamides is 1. The molecule has 1 aromatic heterocycles. The van der Waals surface area contributed by atoms with Crippen molar-refractivity contribution in [1.29, 1.82) is 0 Å². The monoisotopic (exact) mass is 360 g/mol. The van der Waals surface area contributed by atoms with Gasteiger partial charge in [-0.1, -0.05) is 18.2 Å². The lowest BCUT2D eigenvalue weighted by molar-refractivity contribution is 0.521. The van der Waals surface area contributed by atoms with E-state index in [1.165, 1.54) is 0 Å². The van der Waals surface area contributed by atoms with Gasteiger partial charge >= 0.3 is 0 Å². The van der Waals surface area contributed by atoms with Gasteiger partial charge in [-0.05, 0) is 42.5 Å². The Morgan fingerprint density at radius 2 is 1.84 bits per heavy atom. The Labute approximate surface area is 146 Å². The molecule has 2 aromatic rings. The minimum Gasteiger partial charge on any atom is -0.261 e. The van der Waals surface area contributed by atoms with Crippen LogP contribution in [0.5, 0.6) is 0 Å². The van der Waals surface area contributed by atoms with Crippen LogP contribution in [0.4, 0.5) is 0 Å². The summed E-state index contributed by atoms with van der Waals surface area (Å²) in [7, 11) is -3.86. The first-order chi connectivity index (χ1) is 12.1. The van der Waals surface area contributed by atoms with Crippen molar-refractivity contribution in [2.24, 2.45) is 5.14 Å². The average Bonchev–Trinajstić information content (AvgIpc) is 3.14. The number of aryl methyl sites for hydroxylation is 1. The standard InChI is InChI=1S/C16H20N6O2S/c17-25(23,24)14-8-2-5-12(15(14)16-19-21-22-20-16)10-4-1-7-13-11(10)6-3-9-18-13/h2-3,5-6,8-10,16,19-22H,1,4,7H2,(H2,17,23,24). The van der Waals surface area contributed by atoms with Crippen LogP contribution in [0.25, 0.3) is 0 Å². The van der Waals surface area contributed by atoms with Crippen molar-refractivity contribution < 1.29 is 8.42 Å². The number of fused-ring (bicyclic) bond motifs is 1. The van der Waals surface area contributed by atoms with Crippen molar-refractivity contribution in [1.82, 2.24) is 26.9 Å². The van der Waals surface area contributed by atoms with Crippen LogP contribution in [-0.2, 0) is 16.4 Å². The summed E-state index contributed by atoms with van der Waals surface area (Å²) in [5, 5.41) is 5.48. The van der Waals surface area contributed by atoms with Crippen LogP contribution in [0, 0.1) is 0 Å². The topological polar surface area (TPSA) is 121 Å². The van der Waals surface area contributed by atoms with Gasteiger partial charge in [0.15, 0.2) is 0 Å². The zero-order valence-corrected chi connectivity index (χ0v) is 14.3. The number of hydrogen-bond acceptors (Lipinski definition) is 7. The van der Waals surface area contributed by atoms with E-state index in [-0.39, 0.29) is 10.8 Å². The summed E-state index contributed by atoms with van der Waals surface area (Å²) in [6.07, 6.45) is 4.27. The number of pyridine rings is 1. The van der Waals surface area contributed by atoms with E-state index in [9.17, 15) is 8.42 Å². The third kappa shape index (κ3) is 3.06. The maximum absolute atomic E-state index is 12.2. The Morgan fingerprint density at radius 1 is 1.08 bits per heavy atom. The summed E-state index contributed by atoms with van der Waals surface area (Å²) in [6, 6.07) is 9.27. The van der Waals surface area contributed by atoms with Crippen LogP contribution in [-0.4, -0.2) is 13.4 Å². The zero-order valence-electron chi connectivity index (χ0n) is 13.5. The molecule has 2 heterocycles. The molecule has 8 nitrogen and oxygen atoms in total. The molecule has 25 heavy (non-hydrogen) atoms. The number of nitrogens with one attached hydrogen (secondary N) is 4. The van der Waals surface area contributed by atoms with Crippen molar-refractivity contribution >= 4 is 10.0 Å². The summed E-state index contributed by atoms with van der Waals surface area (Å²) in [4.78, 5) is 4.62. The van der Waals surface area contributed by atoms with Crippen molar-refractivity contribution in [3.05, 3.63) is 58.9 Å². The van der Waals surface area contributed by atoms with E-state index in [1.54, 1.807) is 18.3 Å². The van der Waals surface area contributed by atoms with Gasteiger partial charge in [0, 0.05) is 23.4 Å². The second kappa shape index (κ2) is 6.45. The number of aromatic nitrogens is 1. The molecule has 1 aliphatic heterocycles. The third-order valence-corrected chi connectivity index (χ3v) is 5.74. The third-order valence-electron chi connectivity index (χ3n) is 4.77. The molecule has 1 fully saturated rings. The maximum Gasteiger partial charge on any atom is 0.238 e. The summed E-state index contributed by atoms with van der Waals surface area (Å²) in [5.41, 5.74) is 15.2. The Bertz CT molecular complexity index is 895. The molecule has 1 aliphatic carbocycles. The predicted molar refractivity (Wildman–Crippen MR) is 92.1 cm³/mol. The largest absolute Gasteiger partial charge is 0.261 e. The first kappa shape index (κ1) is 16.6. The Balaban J connectivity index is 1.91. The number of nitrogens with two attached hydrogens (primary N) is 1. The molecule has 9 heteroatoms. The van der Waals surface area contributed by atoms with Gasteiger partial charge < -0.3 is 0 Å². The molecule has 2 aliphatic rings. The molecular formula is C16H20N6O2S. The van der Waals surface area contributed by atoms with E-state index in [0.717, 1.165) is 36.1 Å². The number of hydrogen-bond donors (Lipinski definition) is 5. The molecular weight excluding hydrogens is 340 g/mol. The second-order valence-electron chi connectivity index (χ2n) is 6.26. The quantitative estimate of drug-likeness (QED) is 0.534. The SMILES string of the molecule is NS(=O)(=O)c1cccc(C2CCCc3ncccc32)c1C1NNNN1. The van der Waals surface area contributed by atoms with Gasteiger partial charge in [-0.3, -0.25) is 4.98 Å². The van der Waals surface area contributed by atoms with Gasteiger partial charge in [-0.15, -0.1) is 0 Å². The molecule has 1 unspecified atom stereocenters. The number of nitrogens with zero attached hydrogens (tertiary/aromatic N) is 1. The van der Waals surface area contributed by atoms with Crippen molar-refractivity contribution in [3.63, 3.8) is 0 Å². The molecule has 0 radical (unpaired) electrons. The van der Waals surface area contributed by atoms with E-state index in [2.05, 4.69) is 33.0 Å². The summed E-state index contributed by atoms with van der Waals surface area (Å²) < 4.78 is 24.3. The molecule has 132 valence electrons. The van der Waals surface area contributed by atoms with E-state index in [4.69, 9.17) is 5.14 Å². The highest BCUT2D eigenvalue weighted by Crippen LogP contribution is 2.40. The van der Waals surface area contributed by atoms with Crippen molar-refractivity contribution in [3.8, 4) is 0 Å². The highest BCUT2D eigenvalue weighted by molar-refractivity contribution is 7.89. The second-order valence-corrected chi connectivity index (χ2v) is 7.79. The Hall–Kier alpha value is -1.88. The lowest BCUT2D eigenvalue weighted by Crippen LogP contribution is -2.33. The van der Waals surface area contributed by atoms with E-state index < -0.39 is 16.2 Å². The molecule has 0 spiro atoms. The molecule has 1 aromatic carbocycles. The highest BCUT2D eigenvalue weighted by atomic mass is 32.2. The van der Waals surface area contributed by atoms with Crippen LogP contribution >= 0.6 is 0 Å². The van der Waals surface area contributed by atoms with Crippen LogP contribution in [0.1, 0.15) is 47.3 Å². The fraction of sp³-hybridized carbons (Fsp3) is 0.312. The van der Waals surface area contributed by atoms with Gasteiger partial charge in [0.2, 0.25) is 10.0 Å². The Kier molecular flexibility index (Phi) is 4.28. The van der Waals surface area contributed by atoms with Gasteiger partial charge in [0.25, 0.3) is 0 Å². The van der Waals surface area contributed by atoms with Crippen LogP contribution in [0.2, 0.25) is 0 Å². The Morgan fingerprint density at radius 3 is 2.60 bits per heavy atom. The minimum absolute atomic E-state index is 0.0818. The molecule has 0 saturated carbocycles. The van der Waals surface area contributed by atoms with Gasteiger partial charge in [-0.25, -0.2) is 24.4 Å². The first-order valence-electron chi connectivity index (χ1n) is 8.16. The first-order valence-corrected chi connectivity index (χ1v) is 9.71. The van der Waals surface area contributed by atoms with E-state index >= 15 is 0 Å². The smallest absolute Gasteiger partial charge is 0.238 e. The van der Waals surface area contributed by atoms with Gasteiger partial charge in [-0.2, -0.15) is 11.1 Å². The fourth-order valence-electron chi connectivity index (χ4n) is 3.75. The fourth-order valence-corrected chi connectivity index (χ4v) is 4.56. The molecule has 6 N–H and O–H groups in total. The van der Waals surface area contributed by atoms with E-state index in [0.29, 0.717) is 5.56 Å². The molecule has 0 bridgehead atoms. The summed E-state index contributed by atoms with van der Waals surface area (Å²) >= 11 is 0. The highest BCUT2D eigenvalue weighted by Gasteiger charge is 2.31. The molecule has 1 saturated heterocycles. The number of hydrazine groups is 3. The summed E-state index contributed by atoms with van der Waals surface area (Å²) in [5.74, 6) is 0.0818. The maximum atomic E-state index is 12.2. The predicted octanol–water partition coefficient (Wildman–Crippen LogP) is 0.313. The molecule has 1 atom stereocenters. The van der Waals surface area contributed by atoms with Crippen molar-refractivity contribution in [2.45, 2.75) is 36.2 Å². The van der Waals surface area contributed by atoms with Gasteiger partial charge in [0.1, 0.15) is 6.17 Å². The number of benzene rings is 1. The van der Waals surface area contributed by atoms with Crippen molar-refractivity contribution in [2.75, 3.05) is 0 Å². The number of rotatable bonds is 3.